The summed E-state index contributed by atoms with van der Waals surface area (Å²) in [6.45, 7) is 6.01. The molecule has 0 saturated carbocycles. The van der Waals surface area contributed by atoms with Gasteiger partial charge >= 0.3 is 0 Å². The van der Waals surface area contributed by atoms with Gasteiger partial charge in [-0.2, -0.15) is 5.10 Å². The lowest BCUT2D eigenvalue weighted by Crippen LogP contribution is -2.38. The maximum absolute atomic E-state index is 12.1. The van der Waals surface area contributed by atoms with Crippen molar-refractivity contribution in [3.8, 4) is 11.6 Å². The number of carbonyl (C=O) groups is 1. The Bertz CT molecular complexity index is 689. The van der Waals surface area contributed by atoms with Gasteiger partial charge < -0.3 is 14.1 Å². The Balaban J connectivity index is 1.97. The zero-order valence-electron chi connectivity index (χ0n) is 13.1. The summed E-state index contributed by atoms with van der Waals surface area (Å²) in [7, 11) is 1.53. The number of hydrogen-bond donors (Lipinski definition) is 0. The fourth-order valence-corrected chi connectivity index (χ4v) is 2.82. The van der Waals surface area contributed by atoms with Crippen molar-refractivity contribution in [1.82, 2.24) is 19.7 Å². The zero-order valence-corrected chi connectivity index (χ0v) is 13.1. The first-order valence-electron chi connectivity index (χ1n) is 7.42. The van der Waals surface area contributed by atoms with Crippen molar-refractivity contribution in [2.45, 2.75) is 33.4 Å². The van der Waals surface area contributed by atoms with Crippen molar-refractivity contribution < 1.29 is 13.9 Å². The van der Waals surface area contributed by atoms with Crippen LogP contribution in [-0.2, 0) is 29.0 Å². The van der Waals surface area contributed by atoms with E-state index in [1.54, 1.807) is 11.1 Å². The summed E-state index contributed by atoms with van der Waals surface area (Å²) in [6.07, 6.45) is 2.47. The van der Waals surface area contributed by atoms with Crippen LogP contribution in [0.5, 0.6) is 0 Å². The molecule has 3 heterocycles. The molecule has 1 amide bonds. The zero-order chi connectivity index (χ0) is 15.7. The van der Waals surface area contributed by atoms with E-state index >= 15 is 0 Å². The molecule has 118 valence electrons. The highest BCUT2D eigenvalue weighted by atomic mass is 16.5. The average molecular weight is 304 g/mol. The molecule has 0 spiro atoms. The first-order valence-corrected chi connectivity index (χ1v) is 7.42. The highest BCUT2D eigenvalue weighted by Crippen LogP contribution is 2.29. The van der Waals surface area contributed by atoms with E-state index in [2.05, 4.69) is 17.0 Å². The monoisotopic (exact) mass is 304 g/mol. The Morgan fingerprint density at radius 1 is 1.50 bits per heavy atom. The van der Waals surface area contributed by atoms with Crippen molar-refractivity contribution >= 4 is 5.91 Å². The largest absolute Gasteiger partial charge is 0.440 e. The van der Waals surface area contributed by atoms with E-state index in [0.29, 0.717) is 19.0 Å². The van der Waals surface area contributed by atoms with Crippen molar-refractivity contribution in [1.29, 1.82) is 0 Å². The molecule has 0 unspecified atom stereocenters. The maximum Gasteiger partial charge on any atom is 0.248 e. The van der Waals surface area contributed by atoms with Crippen molar-refractivity contribution in [2.24, 2.45) is 0 Å². The maximum atomic E-state index is 12.1. The molecule has 0 saturated heterocycles. The van der Waals surface area contributed by atoms with Crippen LogP contribution in [0.1, 0.15) is 23.9 Å². The fourth-order valence-electron chi connectivity index (χ4n) is 2.82. The molecule has 2 aromatic heterocycles. The normalized spacial score (nSPS) is 14.2. The summed E-state index contributed by atoms with van der Waals surface area (Å²) < 4.78 is 12.5. The predicted octanol–water partition coefficient (Wildman–Crippen LogP) is 1.40. The number of ether oxygens (including phenoxy) is 1. The predicted molar refractivity (Wildman–Crippen MR) is 79.1 cm³/mol. The summed E-state index contributed by atoms with van der Waals surface area (Å²) in [5, 5.41) is 4.62. The van der Waals surface area contributed by atoms with E-state index in [0.717, 1.165) is 35.7 Å². The van der Waals surface area contributed by atoms with Crippen molar-refractivity contribution in [2.75, 3.05) is 20.3 Å². The molecular weight excluding hydrogens is 284 g/mol. The van der Waals surface area contributed by atoms with Crippen molar-refractivity contribution in [3.63, 3.8) is 0 Å². The first kappa shape index (κ1) is 14.8. The summed E-state index contributed by atoms with van der Waals surface area (Å²) in [5.74, 6) is 1.26. The standard InChI is InChI=1S/C15H20N4O3/c1-4-19-12-5-6-18(13(20)9-21-3)8-11(12)14(17-19)15-16-7-10(2)22-15/h7H,4-6,8-9H2,1-3H3. The molecule has 3 rings (SSSR count). The smallest absolute Gasteiger partial charge is 0.248 e. The lowest BCUT2D eigenvalue weighted by Gasteiger charge is -2.27. The van der Waals surface area contributed by atoms with Crippen LogP contribution in [0.4, 0.5) is 0 Å². The number of oxazole rings is 1. The van der Waals surface area contributed by atoms with E-state index < -0.39 is 0 Å². The number of carbonyl (C=O) groups excluding carboxylic acids is 1. The minimum Gasteiger partial charge on any atom is -0.440 e. The third kappa shape index (κ3) is 2.52. The highest BCUT2D eigenvalue weighted by Gasteiger charge is 2.29. The quantitative estimate of drug-likeness (QED) is 0.853. The number of aryl methyl sites for hydroxylation is 2. The molecule has 0 aromatic carbocycles. The number of aromatic nitrogens is 3. The molecule has 2 aromatic rings. The molecular formula is C15H20N4O3. The molecule has 1 aliphatic heterocycles. The number of methoxy groups -OCH3 is 1. The number of fused-ring (bicyclic) bond motifs is 1. The summed E-state index contributed by atoms with van der Waals surface area (Å²) in [5.41, 5.74) is 2.93. The third-order valence-electron chi connectivity index (χ3n) is 3.88. The summed E-state index contributed by atoms with van der Waals surface area (Å²) in [6, 6.07) is 0. The van der Waals surface area contributed by atoms with Crippen LogP contribution in [0.25, 0.3) is 11.6 Å². The topological polar surface area (TPSA) is 73.4 Å². The second-order valence-corrected chi connectivity index (χ2v) is 5.36. The van der Waals surface area contributed by atoms with Crippen LogP contribution >= 0.6 is 0 Å². The van der Waals surface area contributed by atoms with Crippen LogP contribution in [0.3, 0.4) is 0 Å². The van der Waals surface area contributed by atoms with Gasteiger partial charge in [0.1, 0.15) is 12.4 Å². The Hall–Kier alpha value is -2.15. The van der Waals surface area contributed by atoms with E-state index in [1.165, 1.54) is 7.11 Å². The molecule has 0 fully saturated rings. The van der Waals surface area contributed by atoms with Gasteiger partial charge in [-0.05, 0) is 13.8 Å². The van der Waals surface area contributed by atoms with E-state index in [4.69, 9.17) is 9.15 Å². The van der Waals surface area contributed by atoms with Gasteiger partial charge in [-0.3, -0.25) is 9.48 Å². The second kappa shape index (κ2) is 5.92. The molecule has 7 nitrogen and oxygen atoms in total. The van der Waals surface area contributed by atoms with Gasteiger partial charge in [-0.15, -0.1) is 0 Å². The van der Waals surface area contributed by atoms with Crippen LogP contribution in [0, 0.1) is 6.92 Å². The van der Waals surface area contributed by atoms with Crippen LogP contribution in [0.2, 0.25) is 0 Å². The lowest BCUT2D eigenvalue weighted by atomic mass is 10.0. The fraction of sp³-hybridized carbons (Fsp3) is 0.533. The highest BCUT2D eigenvalue weighted by molar-refractivity contribution is 5.78. The molecule has 0 atom stereocenters. The lowest BCUT2D eigenvalue weighted by molar-refractivity contribution is -0.136. The number of nitrogens with zero attached hydrogens (tertiary/aromatic N) is 4. The molecule has 0 aliphatic carbocycles. The van der Waals surface area contributed by atoms with E-state index in [1.807, 2.05) is 11.6 Å². The summed E-state index contributed by atoms with van der Waals surface area (Å²) >= 11 is 0. The Morgan fingerprint density at radius 3 is 2.95 bits per heavy atom. The second-order valence-electron chi connectivity index (χ2n) is 5.36. The van der Waals surface area contributed by atoms with Gasteiger partial charge in [0.25, 0.3) is 0 Å². The van der Waals surface area contributed by atoms with E-state index in [-0.39, 0.29) is 12.5 Å². The minimum atomic E-state index is -0.00747. The van der Waals surface area contributed by atoms with Gasteiger partial charge in [0.15, 0.2) is 5.69 Å². The SMILES string of the molecule is CCn1nc(-c2ncc(C)o2)c2c1CCN(C(=O)COC)C2. The number of amides is 1. The number of rotatable bonds is 4. The van der Waals surface area contributed by atoms with Gasteiger partial charge in [0.2, 0.25) is 11.8 Å². The van der Waals surface area contributed by atoms with Crippen LogP contribution in [-0.4, -0.2) is 45.8 Å². The Labute approximate surface area is 128 Å². The molecule has 7 heteroatoms. The van der Waals surface area contributed by atoms with Gasteiger partial charge in [-0.1, -0.05) is 0 Å². The molecule has 0 bridgehead atoms. The van der Waals surface area contributed by atoms with E-state index in [9.17, 15) is 4.79 Å². The number of hydrogen-bond acceptors (Lipinski definition) is 5. The molecule has 22 heavy (non-hydrogen) atoms. The van der Waals surface area contributed by atoms with Crippen molar-refractivity contribution in [3.05, 3.63) is 23.2 Å². The van der Waals surface area contributed by atoms with Crippen LogP contribution in [0.15, 0.2) is 10.6 Å². The van der Waals surface area contributed by atoms with Gasteiger partial charge in [0, 0.05) is 44.4 Å². The van der Waals surface area contributed by atoms with Gasteiger partial charge in [0.05, 0.1) is 6.20 Å². The van der Waals surface area contributed by atoms with Crippen LogP contribution < -0.4 is 0 Å². The molecule has 1 aliphatic rings. The minimum absolute atomic E-state index is 0.00747. The van der Waals surface area contributed by atoms with Gasteiger partial charge in [-0.25, -0.2) is 4.98 Å². The Kier molecular flexibility index (Phi) is 3.98. The molecule has 0 radical (unpaired) electrons. The third-order valence-corrected chi connectivity index (χ3v) is 3.88. The molecule has 0 N–H and O–H groups in total. The first-order chi connectivity index (χ1) is 10.6. The summed E-state index contributed by atoms with van der Waals surface area (Å²) in [4.78, 5) is 18.1. The Morgan fingerprint density at radius 2 is 2.32 bits per heavy atom. The average Bonchev–Trinajstić information content (AvgIpc) is 3.10.